The second-order valence-corrected chi connectivity index (χ2v) is 4.77. The monoisotopic (exact) mass is 290 g/mol. The van der Waals surface area contributed by atoms with Crippen LogP contribution in [-0.2, 0) is 17.9 Å². The first-order chi connectivity index (χ1) is 10.1. The lowest BCUT2D eigenvalue weighted by atomic mass is 10.1. The topological polar surface area (TPSA) is 84.6 Å². The van der Waals surface area contributed by atoms with Crippen molar-refractivity contribution in [2.24, 2.45) is 0 Å². The molecule has 1 aromatic heterocycles. The van der Waals surface area contributed by atoms with E-state index < -0.39 is 12.1 Å². The summed E-state index contributed by atoms with van der Waals surface area (Å²) < 4.78 is 6.16. The molecule has 0 radical (unpaired) electrons. The van der Waals surface area contributed by atoms with Crippen LogP contribution < -0.4 is 0 Å². The first kappa shape index (κ1) is 15.2. The van der Waals surface area contributed by atoms with Gasteiger partial charge in [0, 0.05) is 0 Å². The number of aromatic nitrogens is 2. The number of methoxy groups -OCH3 is 1. The van der Waals surface area contributed by atoms with Gasteiger partial charge in [-0.3, -0.25) is 0 Å². The summed E-state index contributed by atoms with van der Waals surface area (Å²) in [5, 5.41) is 19.6. The molecule has 0 bridgehead atoms. The van der Waals surface area contributed by atoms with Gasteiger partial charge in [-0.2, -0.15) is 0 Å². The van der Waals surface area contributed by atoms with E-state index in [1.165, 1.54) is 13.4 Å². The van der Waals surface area contributed by atoms with Crippen molar-refractivity contribution < 1.29 is 19.7 Å². The summed E-state index contributed by atoms with van der Waals surface area (Å²) in [6.07, 6.45) is 0.658. The van der Waals surface area contributed by atoms with Crippen LogP contribution in [0.1, 0.15) is 33.4 Å². The lowest BCUT2D eigenvalue weighted by Gasteiger charge is -2.14. The van der Waals surface area contributed by atoms with Crippen molar-refractivity contribution in [2.75, 3.05) is 7.11 Å². The second kappa shape index (κ2) is 6.51. The molecule has 6 nitrogen and oxygen atoms in total. The van der Waals surface area contributed by atoms with Gasteiger partial charge in [-0.1, -0.05) is 29.8 Å². The molecule has 2 N–H and O–H groups in total. The highest BCUT2D eigenvalue weighted by Crippen LogP contribution is 2.18. The third-order valence-electron chi connectivity index (χ3n) is 3.31. The van der Waals surface area contributed by atoms with Gasteiger partial charge in [0.25, 0.3) is 0 Å². The summed E-state index contributed by atoms with van der Waals surface area (Å²) in [4.78, 5) is 15.5. The molecule has 1 heterocycles. The number of hydrogen-bond acceptors (Lipinski definition) is 5. The molecule has 0 saturated heterocycles. The molecule has 0 fully saturated rings. The van der Waals surface area contributed by atoms with Gasteiger partial charge in [0.05, 0.1) is 38.4 Å². The minimum atomic E-state index is -0.754. The molecule has 0 spiro atoms. The van der Waals surface area contributed by atoms with Gasteiger partial charge in [0.2, 0.25) is 0 Å². The molecule has 21 heavy (non-hydrogen) atoms. The fraction of sp³-hybridized carbons (Fsp3) is 0.333. The Morgan fingerprint density at radius 3 is 2.62 bits per heavy atom. The van der Waals surface area contributed by atoms with Crippen LogP contribution in [0.15, 0.2) is 30.6 Å². The number of aliphatic hydroxyl groups is 2. The van der Waals surface area contributed by atoms with Crippen LogP contribution in [0.4, 0.5) is 0 Å². The van der Waals surface area contributed by atoms with Crippen molar-refractivity contribution in [3.8, 4) is 0 Å². The number of rotatable bonds is 5. The van der Waals surface area contributed by atoms with Crippen molar-refractivity contribution in [1.82, 2.24) is 9.55 Å². The van der Waals surface area contributed by atoms with Crippen LogP contribution in [0.5, 0.6) is 0 Å². The quantitative estimate of drug-likeness (QED) is 0.808. The second-order valence-electron chi connectivity index (χ2n) is 4.77. The normalized spacial score (nSPS) is 12.2. The largest absolute Gasteiger partial charge is 0.464 e. The number of nitrogens with zero attached hydrogens (tertiary/aromatic N) is 2. The molecule has 0 amide bonds. The van der Waals surface area contributed by atoms with Crippen LogP contribution in [0, 0.1) is 6.92 Å². The number of hydrogen-bond donors (Lipinski definition) is 2. The lowest BCUT2D eigenvalue weighted by molar-refractivity contribution is 0.0589. The number of carbonyl (C=O) groups is 1. The number of carbonyl (C=O) groups excluding carboxylic acids is 1. The Morgan fingerprint density at radius 2 is 2.05 bits per heavy atom. The zero-order valence-electron chi connectivity index (χ0n) is 12.0. The van der Waals surface area contributed by atoms with Crippen LogP contribution in [-0.4, -0.2) is 32.8 Å². The summed E-state index contributed by atoms with van der Waals surface area (Å²) in [7, 11) is 1.25. The molecule has 1 aromatic carbocycles. The molecule has 0 aliphatic carbocycles. The standard InChI is InChI=1S/C15H18N2O4/c1-10-3-5-11(6-4-10)13(19)7-17-9-16-14(12(17)8-18)15(20)21-2/h3-6,9,13,18-19H,7-8H2,1-2H3. The van der Waals surface area contributed by atoms with E-state index >= 15 is 0 Å². The first-order valence-corrected chi connectivity index (χ1v) is 6.54. The number of imidazole rings is 1. The Kier molecular flexibility index (Phi) is 4.72. The van der Waals surface area contributed by atoms with Crippen LogP contribution >= 0.6 is 0 Å². The minimum absolute atomic E-state index is 0.0658. The molecule has 112 valence electrons. The minimum Gasteiger partial charge on any atom is -0.464 e. The average molecular weight is 290 g/mol. The van der Waals surface area contributed by atoms with E-state index in [9.17, 15) is 15.0 Å². The van der Waals surface area contributed by atoms with Gasteiger partial charge in [-0.25, -0.2) is 9.78 Å². The van der Waals surface area contributed by atoms with Gasteiger partial charge in [0.1, 0.15) is 0 Å². The predicted molar refractivity (Wildman–Crippen MR) is 75.6 cm³/mol. The fourth-order valence-electron chi connectivity index (χ4n) is 2.08. The van der Waals surface area contributed by atoms with E-state index in [4.69, 9.17) is 0 Å². The van der Waals surface area contributed by atoms with E-state index in [0.29, 0.717) is 5.69 Å². The molecular weight excluding hydrogens is 272 g/mol. The Morgan fingerprint density at radius 1 is 1.38 bits per heavy atom. The molecule has 0 saturated carbocycles. The summed E-state index contributed by atoms with van der Waals surface area (Å²) in [5.41, 5.74) is 2.26. The smallest absolute Gasteiger partial charge is 0.358 e. The van der Waals surface area contributed by atoms with E-state index in [1.54, 1.807) is 4.57 Å². The molecule has 1 atom stereocenters. The highest BCUT2D eigenvalue weighted by Gasteiger charge is 2.19. The highest BCUT2D eigenvalue weighted by atomic mass is 16.5. The number of aryl methyl sites for hydroxylation is 1. The SMILES string of the molecule is COC(=O)c1ncn(CC(O)c2ccc(C)cc2)c1CO. The molecule has 2 aromatic rings. The average Bonchev–Trinajstić information content (AvgIpc) is 2.89. The zero-order chi connectivity index (χ0) is 15.4. The van der Waals surface area contributed by atoms with Crippen LogP contribution in [0.3, 0.4) is 0 Å². The summed E-state index contributed by atoms with van der Waals surface area (Å²) >= 11 is 0. The highest BCUT2D eigenvalue weighted by molar-refractivity contribution is 5.88. The zero-order valence-corrected chi connectivity index (χ0v) is 12.0. The van der Waals surface area contributed by atoms with Crippen molar-refractivity contribution in [3.63, 3.8) is 0 Å². The first-order valence-electron chi connectivity index (χ1n) is 6.54. The van der Waals surface area contributed by atoms with Crippen molar-refractivity contribution in [3.05, 3.63) is 53.1 Å². The number of ether oxygens (including phenoxy) is 1. The van der Waals surface area contributed by atoms with E-state index in [2.05, 4.69) is 9.72 Å². The molecule has 1 unspecified atom stereocenters. The molecular formula is C15H18N2O4. The third-order valence-corrected chi connectivity index (χ3v) is 3.31. The Labute approximate surface area is 122 Å². The molecule has 2 rings (SSSR count). The maximum Gasteiger partial charge on any atom is 0.358 e. The van der Waals surface area contributed by atoms with E-state index in [0.717, 1.165) is 11.1 Å². The number of aliphatic hydroxyl groups excluding tert-OH is 2. The molecule has 0 aliphatic rings. The van der Waals surface area contributed by atoms with Gasteiger partial charge in [0.15, 0.2) is 5.69 Å². The van der Waals surface area contributed by atoms with Crippen molar-refractivity contribution >= 4 is 5.97 Å². The van der Waals surface area contributed by atoms with Crippen LogP contribution in [0.2, 0.25) is 0 Å². The fourth-order valence-corrected chi connectivity index (χ4v) is 2.08. The van der Waals surface area contributed by atoms with Gasteiger partial charge >= 0.3 is 5.97 Å². The third kappa shape index (κ3) is 3.29. The summed E-state index contributed by atoms with van der Waals surface area (Å²) in [5.74, 6) is -0.609. The van der Waals surface area contributed by atoms with Gasteiger partial charge in [-0.15, -0.1) is 0 Å². The summed E-state index contributed by atoms with van der Waals surface area (Å²) in [6.45, 7) is 1.81. The van der Waals surface area contributed by atoms with Gasteiger partial charge in [-0.05, 0) is 12.5 Å². The van der Waals surface area contributed by atoms with Gasteiger partial charge < -0.3 is 19.5 Å². The van der Waals surface area contributed by atoms with E-state index in [-0.39, 0.29) is 18.8 Å². The Hall–Kier alpha value is -2.18. The Bertz CT molecular complexity index is 619. The molecule has 0 aliphatic heterocycles. The number of benzene rings is 1. The number of esters is 1. The molecule has 6 heteroatoms. The van der Waals surface area contributed by atoms with Crippen molar-refractivity contribution in [2.45, 2.75) is 26.2 Å². The van der Waals surface area contributed by atoms with Crippen LogP contribution in [0.25, 0.3) is 0 Å². The van der Waals surface area contributed by atoms with Crippen molar-refractivity contribution in [1.29, 1.82) is 0 Å². The predicted octanol–water partition coefficient (Wildman–Crippen LogP) is 1.20. The Balaban J connectivity index is 2.21. The lowest BCUT2D eigenvalue weighted by Crippen LogP contribution is -2.13. The summed E-state index contributed by atoms with van der Waals surface area (Å²) in [6, 6.07) is 7.52. The van der Waals surface area contributed by atoms with E-state index in [1.807, 2.05) is 31.2 Å². The maximum atomic E-state index is 11.5. The maximum absolute atomic E-state index is 11.5.